The number of carbonyl (C=O) groups excluding carboxylic acids is 3. The summed E-state index contributed by atoms with van der Waals surface area (Å²) in [7, 11) is 1.58. The minimum atomic E-state index is -0.415. The number of halogens is 1. The van der Waals surface area contributed by atoms with Crippen molar-refractivity contribution in [1.29, 1.82) is 0 Å². The zero-order chi connectivity index (χ0) is 21.2. The Hall–Kier alpha value is -2.67. The van der Waals surface area contributed by atoms with Crippen molar-refractivity contribution in [2.45, 2.75) is 26.3 Å². The van der Waals surface area contributed by atoms with E-state index in [0.29, 0.717) is 11.3 Å². The number of hydrogen-bond donors (Lipinski definition) is 0. The largest absolute Gasteiger partial charge is 0.497 e. The molecule has 0 N–H and O–H groups in total. The molecule has 0 aliphatic carbocycles. The molecule has 0 aliphatic heterocycles. The van der Waals surface area contributed by atoms with Crippen molar-refractivity contribution in [3.05, 3.63) is 64.1 Å². The fraction of sp³-hybridized carbons (Fsp3) is 0.318. The maximum absolute atomic E-state index is 13.0. The SMILES string of the molecule is CCOC(=O)CCC(=O)CN(Cc1ccc(OC)cc1)C(=O)c1ccc(Br)cc1. The predicted octanol–water partition coefficient (Wildman–Crippen LogP) is 4.01. The molecule has 2 aromatic carbocycles. The fourth-order valence-electron chi connectivity index (χ4n) is 2.69. The Morgan fingerprint density at radius 2 is 1.62 bits per heavy atom. The van der Waals surface area contributed by atoms with E-state index in [1.165, 1.54) is 4.90 Å². The lowest BCUT2D eigenvalue weighted by Gasteiger charge is -2.22. The summed E-state index contributed by atoms with van der Waals surface area (Å²) in [5, 5.41) is 0. The van der Waals surface area contributed by atoms with Crippen LogP contribution in [0.1, 0.15) is 35.7 Å². The van der Waals surface area contributed by atoms with Crippen molar-refractivity contribution >= 4 is 33.6 Å². The third kappa shape index (κ3) is 7.34. The summed E-state index contributed by atoms with van der Waals surface area (Å²) in [4.78, 5) is 38.4. The van der Waals surface area contributed by atoms with E-state index >= 15 is 0 Å². The summed E-state index contributed by atoms with van der Waals surface area (Å²) in [5.74, 6) is -0.151. The lowest BCUT2D eigenvalue weighted by atomic mass is 10.1. The van der Waals surface area contributed by atoms with E-state index in [4.69, 9.17) is 9.47 Å². The quantitative estimate of drug-likeness (QED) is 0.499. The number of ketones is 1. The lowest BCUT2D eigenvalue weighted by molar-refractivity contribution is -0.144. The van der Waals surface area contributed by atoms with Crippen molar-refractivity contribution in [2.24, 2.45) is 0 Å². The van der Waals surface area contributed by atoms with E-state index in [2.05, 4.69) is 15.9 Å². The van der Waals surface area contributed by atoms with Crippen LogP contribution in [0.25, 0.3) is 0 Å². The molecule has 0 spiro atoms. The fourth-order valence-corrected chi connectivity index (χ4v) is 2.96. The number of hydrogen-bond acceptors (Lipinski definition) is 5. The van der Waals surface area contributed by atoms with Gasteiger partial charge in [-0.3, -0.25) is 14.4 Å². The summed E-state index contributed by atoms with van der Waals surface area (Å²) in [6.07, 6.45) is 0.0427. The summed E-state index contributed by atoms with van der Waals surface area (Å²) in [5.41, 5.74) is 1.36. The van der Waals surface area contributed by atoms with Crippen LogP contribution in [-0.4, -0.2) is 42.8 Å². The zero-order valence-electron chi connectivity index (χ0n) is 16.5. The van der Waals surface area contributed by atoms with Gasteiger partial charge in [0.05, 0.1) is 26.7 Å². The maximum atomic E-state index is 13.0. The van der Waals surface area contributed by atoms with Gasteiger partial charge in [0.2, 0.25) is 0 Å². The highest BCUT2D eigenvalue weighted by Crippen LogP contribution is 2.17. The van der Waals surface area contributed by atoms with Gasteiger partial charge in [-0.15, -0.1) is 0 Å². The molecule has 0 saturated carbocycles. The first-order valence-electron chi connectivity index (χ1n) is 9.28. The third-order valence-corrected chi connectivity index (χ3v) is 4.72. The predicted molar refractivity (Wildman–Crippen MR) is 113 cm³/mol. The van der Waals surface area contributed by atoms with Gasteiger partial charge in [-0.2, -0.15) is 0 Å². The van der Waals surface area contributed by atoms with E-state index < -0.39 is 5.97 Å². The van der Waals surface area contributed by atoms with Gasteiger partial charge in [0.25, 0.3) is 5.91 Å². The molecule has 0 unspecified atom stereocenters. The van der Waals surface area contributed by atoms with E-state index in [0.717, 1.165) is 10.0 Å². The van der Waals surface area contributed by atoms with E-state index in [9.17, 15) is 14.4 Å². The molecule has 0 aromatic heterocycles. The van der Waals surface area contributed by atoms with E-state index in [1.54, 1.807) is 50.4 Å². The molecule has 154 valence electrons. The van der Waals surface area contributed by atoms with Gasteiger partial charge in [0.1, 0.15) is 5.75 Å². The summed E-state index contributed by atoms with van der Waals surface area (Å²) in [6, 6.07) is 14.3. The lowest BCUT2D eigenvalue weighted by Crippen LogP contribution is -2.35. The molecule has 7 heteroatoms. The van der Waals surface area contributed by atoms with Crippen LogP contribution in [0.3, 0.4) is 0 Å². The van der Waals surface area contributed by atoms with Gasteiger partial charge in [0.15, 0.2) is 5.78 Å². The van der Waals surface area contributed by atoms with Gasteiger partial charge in [-0.25, -0.2) is 0 Å². The van der Waals surface area contributed by atoms with Crippen molar-refractivity contribution in [3.8, 4) is 5.75 Å². The Morgan fingerprint density at radius 1 is 0.966 bits per heavy atom. The molecule has 0 radical (unpaired) electrons. The Morgan fingerprint density at radius 3 is 2.21 bits per heavy atom. The van der Waals surface area contributed by atoms with Crippen LogP contribution in [0.2, 0.25) is 0 Å². The van der Waals surface area contributed by atoms with Crippen LogP contribution in [0.5, 0.6) is 5.75 Å². The molecule has 0 heterocycles. The smallest absolute Gasteiger partial charge is 0.306 e. The van der Waals surface area contributed by atoms with Gasteiger partial charge >= 0.3 is 5.97 Å². The van der Waals surface area contributed by atoms with Crippen LogP contribution >= 0.6 is 15.9 Å². The molecule has 0 fully saturated rings. The first-order valence-corrected chi connectivity index (χ1v) is 10.1. The number of benzene rings is 2. The number of carbonyl (C=O) groups is 3. The standard InChI is InChI=1S/C22H24BrNO5/c1-3-29-21(26)13-10-19(25)15-24(14-16-4-11-20(28-2)12-5-16)22(27)17-6-8-18(23)9-7-17/h4-9,11-12H,3,10,13-15H2,1-2H3. The van der Waals surface area contributed by atoms with Gasteiger partial charge in [-0.1, -0.05) is 28.1 Å². The molecular formula is C22H24BrNO5. The Kier molecular flexibility index (Phi) is 8.86. The zero-order valence-corrected chi connectivity index (χ0v) is 18.1. The highest BCUT2D eigenvalue weighted by molar-refractivity contribution is 9.10. The molecule has 0 saturated heterocycles. The average Bonchev–Trinajstić information content (AvgIpc) is 2.72. The number of amides is 1. The maximum Gasteiger partial charge on any atom is 0.306 e. The van der Waals surface area contributed by atoms with Crippen LogP contribution < -0.4 is 4.74 Å². The van der Waals surface area contributed by atoms with Crippen molar-refractivity contribution in [1.82, 2.24) is 4.90 Å². The highest BCUT2D eigenvalue weighted by atomic mass is 79.9. The van der Waals surface area contributed by atoms with E-state index in [1.807, 2.05) is 12.1 Å². The Bertz CT molecular complexity index is 833. The first kappa shape index (κ1) is 22.6. The van der Waals surface area contributed by atoms with Crippen LogP contribution in [0.15, 0.2) is 53.0 Å². The number of Topliss-reactive ketones (excluding diaryl/α,β-unsaturated/α-hetero) is 1. The number of ether oxygens (including phenoxy) is 2. The van der Waals surface area contributed by atoms with Crippen molar-refractivity contribution in [2.75, 3.05) is 20.3 Å². The van der Waals surface area contributed by atoms with Crippen molar-refractivity contribution in [3.63, 3.8) is 0 Å². The van der Waals surface area contributed by atoms with Crippen molar-refractivity contribution < 1.29 is 23.9 Å². The normalized spacial score (nSPS) is 10.3. The second-order valence-electron chi connectivity index (χ2n) is 6.36. The third-order valence-electron chi connectivity index (χ3n) is 4.19. The van der Waals surface area contributed by atoms with Crippen LogP contribution in [0, 0.1) is 0 Å². The molecule has 2 rings (SSSR count). The van der Waals surface area contributed by atoms with Gasteiger partial charge in [0, 0.05) is 23.0 Å². The Balaban J connectivity index is 2.12. The van der Waals surface area contributed by atoms with Gasteiger partial charge in [-0.05, 0) is 48.9 Å². The monoisotopic (exact) mass is 461 g/mol. The molecule has 29 heavy (non-hydrogen) atoms. The second kappa shape index (κ2) is 11.4. The topological polar surface area (TPSA) is 72.9 Å². The summed E-state index contributed by atoms with van der Waals surface area (Å²) in [6.45, 7) is 2.18. The Labute approximate surface area is 178 Å². The number of methoxy groups -OCH3 is 1. The molecule has 0 atom stereocenters. The first-order chi connectivity index (χ1) is 13.9. The minimum absolute atomic E-state index is 0.00945. The molecule has 0 aliphatic rings. The molecule has 6 nitrogen and oxygen atoms in total. The number of esters is 1. The molecule has 0 bridgehead atoms. The molecular weight excluding hydrogens is 438 g/mol. The summed E-state index contributed by atoms with van der Waals surface area (Å²) >= 11 is 3.35. The average molecular weight is 462 g/mol. The number of rotatable bonds is 10. The highest BCUT2D eigenvalue weighted by Gasteiger charge is 2.20. The van der Waals surface area contributed by atoms with Gasteiger partial charge < -0.3 is 14.4 Å². The number of nitrogens with zero attached hydrogens (tertiary/aromatic N) is 1. The minimum Gasteiger partial charge on any atom is -0.497 e. The van der Waals surface area contributed by atoms with E-state index in [-0.39, 0.29) is 44.2 Å². The second-order valence-corrected chi connectivity index (χ2v) is 7.28. The van der Waals surface area contributed by atoms with Crippen LogP contribution in [0.4, 0.5) is 0 Å². The molecule has 2 aromatic rings. The van der Waals surface area contributed by atoms with Crippen LogP contribution in [-0.2, 0) is 20.9 Å². The summed E-state index contributed by atoms with van der Waals surface area (Å²) < 4.78 is 10.9. The molecule has 1 amide bonds.